The summed E-state index contributed by atoms with van der Waals surface area (Å²) < 4.78 is 39.0. The summed E-state index contributed by atoms with van der Waals surface area (Å²) in [5, 5.41) is 38.3. The summed E-state index contributed by atoms with van der Waals surface area (Å²) >= 11 is 0. The first kappa shape index (κ1) is 57.4. The van der Waals surface area contributed by atoms with Crippen LogP contribution in [0, 0.1) is 37.0 Å². The van der Waals surface area contributed by atoms with Gasteiger partial charge in [-0.15, -0.1) is 0 Å². The number of carbonyl (C=O) groups excluding carboxylic acids is 5. The fourth-order valence-corrected chi connectivity index (χ4v) is 8.89. The van der Waals surface area contributed by atoms with E-state index in [4.69, 9.17) is 26.1 Å². The van der Waals surface area contributed by atoms with Crippen molar-refractivity contribution in [1.29, 1.82) is 5.26 Å². The summed E-state index contributed by atoms with van der Waals surface area (Å²) in [4.78, 5) is 82.1. The van der Waals surface area contributed by atoms with Crippen LogP contribution >= 0.6 is 0 Å². The van der Waals surface area contributed by atoms with E-state index in [2.05, 4.69) is 40.8 Å². The lowest BCUT2D eigenvalue weighted by atomic mass is 9.86. The number of hydrogen-bond donors (Lipinski definition) is 7. The number of ether oxygens (including phenoxy) is 2. The minimum Gasteiger partial charge on any atom is -0.490 e. The van der Waals surface area contributed by atoms with Gasteiger partial charge in [-0.1, -0.05) is 64.1 Å². The maximum Gasteiger partial charge on any atom is 0.274 e. The van der Waals surface area contributed by atoms with Crippen LogP contribution in [0.1, 0.15) is 97.9 Å². The standard InChI is InChI=1S/C52H67N9O11S/c1-29-19-44(66)48(61(7)51(68)35(26-57-73(56,69)70)23-43(65)47-30(2)58-49(59-31(47)3)33-11-14-36(15-12-33)52(4,5)6)34-13-17-46(72-28-38(63)25-55)40(22-34)39-20-32(10-16-45(39)71-27-37(62)24-54)21-41(60-50(29)67)42(64)9-8-18-53/h10-17,20,22,29,35,37-38,41,48,57,62-63H,8-9,19,21,23-28,54-55H2,1-7H3,(H,60,67)(H2,56,69,70)/t29-,35+,37+,38+,41+,48+/m1/s1. The van der Waals surface area contributed by atoms with E-state index in [0.717, 1.165) is 10.5 Å². The largest absolute Gasteiger partial charge is 0.490 e. The van der Waals surface area contributed by atoms with Gasteiger partial charge in [-0.25, -0.2) is 19.8 Å². The van der Waals surface area contributed by atoms with Crippen molar-refractivity contribution in [3.63, 3.8) is 0 Å². The Bertz CT molecular complexity index is 2810. The topological polar surface area (TPSA) is 333 Å². The van der Waals surface area contributed by atoms with Crippen LogP contribution in [0.5, 0.6) is 11.5 Å². The molecule has 6 atom stereocenters. The number of carbonyl (C=O) groups is 5. The van der Waals surface area contributed by atoms with Crippen molar-refractivity contribution in [1.82, 2.24) is 24.9 Å². The van der Waals surface area contributed by atoms with E-state index in [0.29, 0.717) is 33.9 Å². The van der Waals surface area contributed by atoms with E-state index >= 15 is 4.79 Å². The molecule has 21 heteroatoms. The van der Waals surface area contributed by atoms with Crippen LogP contribution in [-0.4, -0.2) is 121 Å². The number of nitrogens with one attached hydrogen (secondary N) is 2. The number of amides is 2. The Morgan fingerprint density at radius 3 is 2.04 bits per heavy atom. The van der Waals surface area contributed by atoms with Crippen LogP contribution in [0.3, 0.4) is 0 Å². The molecule has 73 heavy (non-hydrogen) atoms. The van der Waals surface area contributed by atoms with Gasteiger partial charge < -0.3 is 41.4 Å². The molecular formula is C52H67N9O11S. The molecule has 0 saturated carbocycles. The average Bonchev–Trinajstić information content (AvgIpc) is 3.34. The monoisotopic (exact) mass is 1030 g/mol. The number of Topliss-reactive ketones (excluding diaryl/α,β-unsaturated/α-hetero) is 3. The molecule has 4 aromatic rings. The number of benzene rings is 3. The highest BCUT2D eigenvalue weighted by Crippen LogP contribution is 2.41. The number of fused-ring (bicyclic) bond motifs is 5. The summed E-state index contributed by atoms with van der Waals surface area (Å²) in [7, 11) is -3.12. The first-order chi connectivity index (χ1) is 34.3. The molecule has 0 spiro atoms. The Labute approximate surface area is 426 Å². The van der Waals surface area contributed by atoms with Gasteiger partial charge in [-0.2, -0.15) is 13.7 Å². The van der Waals surface area contributed by atoms with E-state index in [-0.39, 0.29) is 79.2 Å². The molecule has 5 rings (SSSR count). The molecule has 10 N–H and O–H groups in total. The van der Waals surface area contributed by atoms with Crippen molar-refractivity contribution in [3.8, 4) is 40.1 Å². The van der Waals surface area contributed by atoms with Crippen LogP contribution in [0.15, 0.2) is 60.7 Å². The molecule has 1 aliphatic heterocycles. The van der Waals surface area contributed by atoms with Crippen molar-refractivity contribution >= 4 is 39.4 Å². The number of hydrogen-bond acceptors (Lipinski definition) is 16. The van der Waals surface area contributed by atoms with Crippen molar-refractivity contribution in [2.45, 2.75) is 103 Å². The zero-order valence-corrected chi connectivity index (χ0v) is 43.1. The quantitative estimate of drug-likeness (QED) is 0.0626. The number of likely N-dealkylation sites (N-methyl/N-ethyl adjacent to an activating group) is 1. The van der Waals surface area contributed by atoms with Crippen LogP contribution in [0.4, 0.5) is 0 Å². The number of rotatable bonds is 20. The van der Waals surface area contributed by atoms with Crippen molar-refractivity contribution in [2.24, 2.45) is 28.4 Å². The summed E-state index contributed by atoms with van der Waals surface area (Å²) in [6.07, 6.45) is -3.55. The molecule has 1 aromatic heterocycles. The molecule has 1 aliphatic rings. The van der Waals surface area contributed by atoms with Crippen molar-refractivity contribution in [2.75, 3.05) is 39.9 Å². The van der Waals surface area contributed by atoms with Crippen LogP contribution in [0.2, 0.25) is 0 Å². The number of nitriles is 1. The van der Waals surface area contributed by atoms with Gasteiger partial charge in [0.2, 0.25) is 11.8 Å². The van der Waals surface area contributed by atoms with Gasteiger partial charge in [0.1, 0.15) is 43.0 Å². The van der Waals surface area contributed by atoms with Crippen LogP contribution < -0.4 is 36.1 Å². The number of aryl methyl sites for hydroxylation is 2. The van der Waals surface area contributed by atoms with Crippen LogP contribution in [0.25, 0.3) is 22.5 Å². The Morgan fingerprint density at radius 1 is 0.918 bits per heavy atom. The highest BCUT2D eigenvalue weighted by molar-refractivity contribution is 7.87. The Hall–Kier alpha value is -6.51. The normalized spacial score (nSPS) is 17.5. The summed E-state index contributed by atoms with van der Waals surface area (Å²) in [5.74, 6) is -5.02. The Kier molecular flexibility index (Phi) is 19.6. The number of aliphatic hydroxyl groups excluding tert-OH is 2. The number of ketones is 3. The predicted molar refractivity (Wildman–Crippen MR) is 272 cm³/mol. The minimum atomic E-state index is -4.43. The SMILES string of the molecule is Cc1nc(-c2ccc(C(C)(C)C)cc2)nc(C)c1C(=O)C[C@@H](CNS(N)(=O)=O)C(=O)N(C)[C@@H]1C(=O)C[C@@H](C)C(=O)N[C@H](C(=O)CCC#N)Cc2ccc(OC[C@@H](O)CN)c(c2)-c2cc1ccc2OC[C@@H](O)CN. The predicted octanol–water partition coefficient (Wildman–Crippen LogP) is 2.81. The van der Waals surface area contributed by atoms with Crippen molar-refractivity contribution < 1.29 is 52.1 Å². The second-order valence-corrected chi connectivity index (χ2v) is 20.8. The lowest BCUT2D eigenvalue weighted by molar-refractivity contribution is -0.142. The third-order valence-electron chi connectivity index (χ3n) is 12.6. The maximum absolute atomic E-state index is 15.0. The van der Waals surface area contributed by atoms with E-state index in [1.54, 1.807) is 38.1 Å². The second-order valence-electron chi connectivity index (χ2n) is 19.4. The fourth-order valence-electron chi connectivity index (χ4n) is 8.46. The van der Waals surface area contributed by atoms with Gasteiger partial charge in [0.25, 0.3) is 10.2 Å². The van der Waals surface area contributed by atoms with Gasteiger partial charge in [-0.05, 0) is 66.6 Å². The molecular weight excluding hydrogens is 959 g/mol. The zero-order valence-electron chi connectivity index (χ0n) is 42.3. The molecule has 392 valence electrons. The third-order valence-corrected chi connectivity index (χ3v) is 13.1. The third kappa shape index (κ3) is 15.3. The summed E-state index contributed by atoms with van der Waals surface area (Å²) in [5.41, 5.74) is 15.1. The second kappa shape index (κ2) is 24.9. The zero-order chi connectivity index (χ0) is 53.9. The van der Waals surface area contributed by atoms with Gasteiger partial charge in [-0.3, -0.25) is 24.0 Å². The Morgan fingerprint density at radius 2 is 1.49 bits per heavy atom. The highest BCUT2D eigenvalue weighted by Gasteiger charge is 2.37. The van der Waals surface area contributed by atoms with E-state index < -0.39 is 94.9 Å². The molecule has 0 radical (unpaired) electrons. The summed E-state index contributed by atoms with van der Waals surface area (Å²) in [6.45, 7) is 9.57. The lowest BCUT2D eigenvalue weighted by Crippen LogP contribution is -2.46. The smallest absolute Gasteiger partial charge is 0.274 e. The molecule has 4 bridgehead atoms. The number of aromatic nitrogens is 2. The number of nitrogens with two attached hydrogens (primary N) is 3. The number of aliphatic hydroxyl groups is 2. The number of nitrogens with zero attached hydrogens (tertiary/aromatic N) is 4. The van der Waals surface area contributed by atoms with E-state index in [1.807, 2.05) is 30.3 Å². The first-order valence-corrected chi connectivity index (χ1v) is 25.4. The van der Waals surface area contributed by atoms with Crippen molar-refractivity contribution in [3.05, 3.63) is 94.3 Å². The van der Waals surface area contributed by atoms with Gasteiger partial charge in [0.15, 0.2) is 23.2 Å². The molecule has 2 heterocycles. The molecule has 2 amide bonds. The van der Waals surface area contributed by atoms with E-state index in [1.165, 1.54) is 26.1 Å². The molecule has 0 fully saturated rings. The average molecular weight is 1030 g/mol. The molecule has 0 unspecified atom stereocenters. The van der Waals surface area contributed by atoms with E-state index in [9.17, 15) is 43.1 Å². The fraction of sp³-hybridized carbons (Fsp3) is 0.462. The minimum absolute atomic E-state index is 0.0373. The molecule has 3 aromatic carbocycles. The molecule has 0 aliphatic carbocycles. The summed E-state index contributed by atoms with van der Waals surface area (Å²) in [6, 6.07) is 16.5. The highest BCUT2D eigenvalue weighted by atomic mass is 32.2. The Balaban J connectivity index is 1.65. The lowest BCUT2D eigenvalue weighted by Gasteiger charge is -2.32. The van der Waals surface area contributed by atoms with Gasteiger partial charge >= 0.3 is 0 Å². The van der Waals surface area contributed by atoms with Crippen LogP contribution in [-0.2, 0) is 41.2 Å². The van der Waals surface area contributed by atoms with Gasteiger partial charge in [0.05, 0.1) is 35.0 Å². The molecule has 20 nitrogen and oxygen atoms in total. The first-order valence-electron chi connectivity index (χ1n) is 23.9. The maximum atomic E-state index is 15.0. The molecule has 0 saturated heterocycles. The van der Waals surface area contributed by atoms with Gasteiger partial charge in [0, 0.05) is 75.0 Å².